The lowest BCUT2D eigenvalue weighted by atomic mass is 10.1. The minimum Gasteiger partial charge on any atom is -0.478 e. The second kappa shape index (κ2) is 11.1. The molecule has 21 heavy (non-hydrogen) atoms. The van der Waals surface area contributed by atoms with E-state index in [0.717, 1.165) is 18.9 Å². The minimum atomic E-state index is -1.02. The van der Waals surface area contributed by atoms with Gasteiger partial charge in [-0.2, -0.15) is 0 Å². The average molecular weight is 294 g/mol. The third-order valence-corrected chi connectivity index (χ3v) is 3.35. The lowest BCUT2D eigenvalue weighted by Crippen LogP contribution is -1.86. The summed E-state index contributed by atoms with van der Waals surface area (Å²) in [5, 5.41) is 16.2. The summed E-state index contributed by atoms with van der Waals surface area (Å²) in [4.78, 5) is 10.4. The third kappa shape index (κ3) is 9.00. The number of carboxylic acids is 1. The fourth-order valence-corrected chi connectivity index (χ4v) is 2.16. The second-order valence-electron chi connectivity index (χ2n) is 5.28. The lowest BCUT2D eigenvalue weighted by Gasteiger charge is -2.00. The van der Waals surface area contributed by atoms with Crippen molar-refractivity contribution in [2.45, 2.75) is 71.1 Å². The van der Waals surface area contributed by atoms with E-state index in [4.69, 9.17) is 9.52 Å². The number of carboxylic acid groups (broad SMARTS) is 1. The van der Waals surface area contributed by atoms with Crippen molar-refractivity contribution in [1.82, 2.24) is 10.2 Å². The highest BCUT2D eigenvalue weighted by Gasteiger charge is 2.03. The van der Waals surface area contributed by atoms with Crippen molar-refractivity contribution < 1.29 is 14.3 Å². The first kappa shape index (κ1) is 17.4. The number of aryl methyl sites for hydroxylation is 1. The molecule has 0 radical (unpaired) electrons. The van der Waals surface area contributed by atoms with Gasteiger partial charge in [-0.1, -0.05) is 58.3 Å². The summed E-state index contributed by atoms with van der Waals surface area (Å²) < 4.78 is 5.33. The van der Waals surface area contributed by atoms with Crippen LogP contribution in [0, 0.1) is 0 Å². The summed E-state index contributed by atoms with van der Waals surface area (Å²) in [7, 11) is 0. The van der Waals surface area contributed by atoms with E-state index in [2.05, 4.69) is 17.1 Å². The molecule has 0 saturated carbocycles. The van der Waals surface area contributed by atoms with Crippen LogP contribution in [0.3, 0.4) is 0 Å². The molecule has 0 fully saturated rings. The first-order chi connectivity index (χ1) is 10.2. The van der Waals surface area contributed by atoms with E-state index in [-0.39, 0.29) is 5.89 Å². The van der Waals surface area contributed by atoms with Crippen LogP contribution in [0.25, 0.3) is 6.08 Å². The molecule has 0 bridgehead atoms. The Balaban J connectivity index is 2.04. The molecule has 0 aliphatic carbocycles. The molecule has 1 aromatic heterocycles. The number of hydrogen-bond acceptors (Lipinski definition) is 4. The summed E-state index contributed by atoms with van der Waals surface area (Å²) in [5.41, 5.74) is 0. The SMILES string of the molecule is CCCCCCCCCCCc1nnc(/C=C/C(=O)O)o1. The summed E-state index contributed by atoms with van der Waals surface area (Å²) >= 11 is 0. The van der Waals surface area contributed by atoms with Crippen LogP contribution in [0.5, 0.6) is 0 Å². The highest BCUT2D eigenvalue weighted by Crippen LogP contribution is 2.11. The van der Waals surface area contributed by atoms with Gasteiger partial charge in [-0.25, -0.2) is 4.79 Å². The number of aliphatic carboxylic acids is 1. The van der Waals surface area contributed by atoms with Crippen LogP contribution in [0.2, 0.25) is 0 Å². The first-order valence-corrected chi connectivity index (χ1v) is 7.95. The number of rotatable bonds is 12. The zero-order valence-electron chi connectivity index (χ0n) is 12.9. The molecule has 1 aromatic rings. The lowest BCUT2D eigenvalue weighted by molar-refractivity contribution is -0.131. The molecular formula is C16H26N2O3. The van der Waals surface area contributed by atoms with Gasteiger partial charge in [0.25, 0.3) is 0 Å². The van der Waals surface area contributed by atoms with Crippen LogP contribution in [-0.2, 0) is 11.2 Å². The molecule has 5 heteroatoms. The van der Waals surface area contributed by atoms with Crippen molar-refractivity contribution >= 4 is 12.0 Å². The fraction of sp³-hybridized carbons (Fsp3) is 0.688. The van der Waals surface area contributed by atoms with E-state index < -0.39 is 5.97 Å². The Bertz CT molecular complexity index is 427. The average Bonchev–Trinajstić information content (AvgIpc) is 2.91. The van der Waals surface area contributed by atoms with Crippen LogP contribution in [0.4, 0.5) is 0 Å². The smallest absolute Gasteiger partial charge is 0.328 e. The summed E-state index contributed by atoms with van der Waals surface area (Å²) in [6.45, 7) is 2.24. The molecular weight excluding hydrogens is 268 g/mol. The van der Waals surface area contributed by atoms with Gasteiger partial charge in [0.1, 0.15) is 0 Å². The molecule has 0 amide bonds. The zero-order valence-corrected chi connectivity index (χ0v) is 12.9. The highest BCUT2D eigenvalue weighted by atomic mass is 16.4. The highest BCUT2D eigenvalue weighted by molar-refractivity contribution is 5.84. The summed E-state index contributed by atoms with van der Waals surface area (Å²) in [6, 6.07) is 0. The zero-order chi connectivity index (χ0) is 15.3. The molecule has 1 heterocycles. The van der Waals surface area contributed by atoms with Gasteiger partial charge in [-0.05, 0) is 6.42 Å². The topological polar surface area (TPSA) is 76.2 Å². The first-order valence-electron chi connectivity index (χ1n) is 7.95. The molecule has 0 unspecified atom stereocenters. The van der Waals surface area contributed by atoms with Gasteiger partial charge >= 0.3 is 5.97 Å². The van der Waals surface area contributed by atoms with Crippen molar-refractivity contribution in [2.75, 3.05) is 0 Å². The van der Waals surface area contributed by atoms with E-state index in [1.807, 2.05) is 0 Å². The molecule has 0 aliphatic rings. The van der Waals surface area contributed by atoms with Crippen molar-refractivity contribution in [3.8, 4) is 0 Å². The van der Waals surface area contributed by atoms with Crippen molar-refractivity contribution in [3.05, 3.63) is 17.9 Å². The predicted octanol–water partition coefficient (Wildman–Crippen LogP) is 4.24. The maximum Gasteiger partial charge on any atom is 0.328 e. The second-order valence-corrected chi connectivity index (χ2v) is 5.28. The molecule has 5 nitrogen and oxygen atoms in total. The van der Waals surface area contributed by atoms with Gasteiger partial charge in [-0.3, -0.25) is 0 Å². The van der Waals surface area contributed by atoms with Gasteiger partial charge in [0.15, 0.2) is 0 Å². The Morgan fingerprint density at radius 2 is 1.67 bits per heavy atom. The number of carbonyl (C=O) groups is 1. The van der Waals surface area contributed by atoms with Crippen LogP contribution < -0.4 is 0 Å². The van der Waals surface area contributed by atoms with Crippen molar-refractivity contribution in [1.29, 1.82) is 0 Å². The summed E-state index contributed by atoms with van der Waals surface area (Å²) in [5.74, 6) is -0.181. The van der Waals surface area contributed by atoms with Gasteiger partial charge in [0.05, 0.1) is 0 Å². The van der Waals surface area contributed by atoms with Gasteiger partial charge < -0.3 is 9.52 Å². The quantitative estimate of drug-likeness (QED) is 0.461. The Labute approximate surface area is 126 Å². The number of aromatic nitrogens is 2. The van der Waals surface area contributed by atoms with E-state index in [1.165, 1.54) is 57.4 Å². The molecule has 0 saturated heterocycles. The van der Waals surface area contributed by atoms with E-state index in [1.54, 1.807) is 0 Å². The maximum atomic E-state index is 10.4. The van der Waals surface area contributed by atoms with Gasteiger partial charge in [0.2, 0.25) is 11.8 Å². The van der Waals surface area contributed by atoms with E-state index in [0.29, 0.717) is 5.89 Å². The molecule has 0 atom stereocenters. The third-order valence-electron chi connectivity index (χ3n) is 3.35. The van der Waals surface area contributed by atoms with Crippen LogP contribution in [0.15, 0.2) is 10.5 Å². The number of unbranched alkanes of at least 4 members (excludes halogenated alkanes) is 8. The molecule has 118 valence electrons. The molecule has 1 rings (SSSR count). The maximum absolute atomic E-state index is 10.4. The van der Waals surface area contributed by atoms with Crippen LogP contribution in [0.1, 0.15) is 76.5 Å². The Hall–Kier alpha value is -1.65. The Morgan fingerprint density at radius 1 is 1.05 bits per heavy atom. The normalized spacial score (nSPS) is 11.3. The van der Waals surface area contributed by atoms with Crippen molar-refractivity contribution in [2.24, 2.45) is 0 Å². The van der Waals surface area contributed by atoms with Gasteiger partial charge in [-0.15, -0.1) is 10.2 Å². The molecule has 0 aliphatic heterocycles. The monoisotopic (exact) mass is 294 g/mol. The standard InChI is InChI=1S/C16H26N2O3/c1-2-3-4-5-6-7-8-9-10-11-14-17-18-15(21-14)12-13-16(19)20/h12-13H,2-11H2,1H3,(H,19,20)/b13-12+. The Kier molecular flexibility index (Phi) is 9.16. The fourth-order valence-electron chi connectivity index (χ4n) is 2.16. The number of nitrogens with zero attached hydrogens (tertiary/aromatic N) is 2. The Morgan fingerprint density at radius 3 is 2.29 bits per heavy atom. The number of hydrogen-bond donors (Lipinski definition) is 1. The van der Waals surface area contributed by atoms with E-state index >= 15 is 0 Å². The largest absolute Gasteiger partial charge is 0.478 e. The van der Waals surface area contributed by atoms with Gasteiger partial charge in [0, 0.05) is 18.6 Å². The molecule has 1 N–H and O–H groups in total. The van der Waals surface area contributed by atoms with Crippen LogP contribution in [-0.4, -0.2) is 21.3 Å². The molecule has 0 spiro atoms. The molecule has 0 aromatic carbocycles. The van der Waals surface area contributed by atoms with Crippen molar-refractivity contribution in [3.63, 3.8) is 0 Å². The summed E-state index contributed by atoms with van der Waals surface area (Å²) in [6.07, 6.45) is 14.6. The van der Waals surface area contributed by atoms with E-state index in [9.17, 15) is 4.79 Å². The predicted molar refractivity (Wildman–Crippen MR) is 81.9 cm³/mol. The van der Waals surface area contributed by atoms with Crippen LogP contribution >= 0.6 is 0 Å². The minimum absolute atomic E-state index is 0.253.